The van der Waals surface area contributed by atoms with E-state index in [1.165, 1.54) is 22.5 Å². The summed E-state index contributed by atoms with van der Waals surface area (Å²) in [5.74, 6) is -0.693. The quantitative estimate of drug-likeness (QED) is 0.625. The van der Waals surface area contributed by atoms with E-state index >= 15 is 0 Å². The SMILES string of the molecule is O=C(OCc1ccc(Cl)cc1Cl)c1ccc(Cl)c(S(=O)(=O)N2CCOCC2)c1. The molecule has 6 nitrogen and oxygen atoms in total. The van der Waals surface area contributed by atoms with Crippen LogP contribution in [-0.4, -0.2) is 45.0 Å². The number of morpholine rings is 1. The lowest BCUT2D eigenvalue weighted by molar-refractivity contribution is 0.0472. The minimum Gasteiger partial charge on any atom is -0.457 e. The highest BCUT2D eigenvalue weighted by molar-refractivity contribution is 7.89. The van der Waals surface area contributed by atoms with Crippen molar-refractivity contribution in [2.45, 2.75) is 11.5 Å². The number of carbonyl (C=O) groups is 1. The fourth-order valence-corrected chi connectivity index (χ4v) is 4.99. The van der Waals surface area contributed by atoms with Crippen molar-refractivity contribution in [1.29, 1.82) is 0 Å². The Balaban J connectivity index is 1.79. The molecular weight excluding hydrogens is 449 g/mol. The molecule has 0 atom stereocenters. The summed E-state index contributed by atoms with van der Waals surface area (Å²) in [6, 6.07) is 8.81. The lowest BCUT2D eigenvalue weighted by Crippen LogP contribution is -2.40. The first kappa shape index (κ1) is 21.4. The summed E-state index contributed by atoms with van der Waals surface area (Å²) < 4.78 is 37.4. The van der Waals surface area contributed by atoms with Gasteiger partial charge in [0, 0.05) is 28.7 Å². The predicted molar refractivity (Wildman–Crippen MR) is 107 cm³/mol. The van der Waals surface area contributed by atoms with Gasteiger partial charge in [0.2, 0.25) is 10.0 Å². The second kappa shape index (κ2) is 8.98. The number of halogens is 3. The van der Waals surface area contributed by atoms with Gasteiger partial charge in [-0.05, 0) is 30.3 Å². The van der Waals surface area contributed by atoms with Gasteiger partial charge in [0.15, 0.2) is 0 Å². The lowest BCUT2D eigenvalue weighted by Gasteiger charge is -2.26. The number of rotatable bonds is 5. The monoisotopic (exact) mass is 463 g/mol. The van der Waals surface area contributed by atoms with Gasteiger partial charge in [-0.2, -0.15) is 4.31 Å². The van der Waals surface area contributed by atoms with Gasteiger partial charge < -0.3 is 9.47 Å². The van der Waals surface area contributed by atoms with Gasteiger partial charge in [-0.1, -0.05) is 40.9 Å². The number of hydrogen-bond donors (Lipinski definition) is 0. The molecule has 0 bridgehead atoms. The van der Waals surface area contributed by atoms with Crippen molar-refractivity contribution < 1.29 is 22.7 Å². The zero-order valence-electron chi connectivity index (χ0n) is 14.5. The third-order valence-electron chi connectivity index (χ3n) is 4.13. The molecule has 3 rings (SSSR count). The van der Waals surface area contributed by atoms with E-state index in [2.05, 4.69) is 0 Å². The van der Waals surface area contributed by atoms with Gasteiger partial charge in [0.05, 0.1) is 23.8 Å². The normalized spacial score (nSPS) is 15.4. The zero-order chi connectivity index (χ0) is 20.3. The molecular formula is C18H16Cl3NO5S. The van der Waals surface area contributed by atoms with Crippen LogP contribution in [0, 0.1) is 0 Å². The second-order valence-electron chi connectivity index (χ2n) is 5.97. The van der Waals surface area contributed by atoms with Crippen LogP contribution in [0.5, 0.6) is 0 Å². The van der Waals surface area contributed by atoms with Crippen LogP contribution < -0.4 is 0 Å². The van der Waals surface area contributed by atoms with Crippen molar-refractivity contribution in [3.8, 4) is 0 Å². The Morgan fingerprint density at radius 3 is 2.43 bits per heavy atom. The van der Waals surface area contributed by atoms with Crippen LogP contribution in [0.4, 0.5) is 0 Å². The van der Waals surface area contributed by atoms with E-state index in [0.717, 1.165) is 0 Å². The number of carbonyl (C=O) groups excluding carboxylic acids is 1. The molecule has 10 heteroatoms. The van der Waals surface area contributed by atoms with E-state index in [4.69, 9.17) is 44.3 Å². The smallest absolute Gasteiger partial charge is 0.338 e. The fourth-order valence-electron chi connectivity index (χ4n) is 2.62. The van der Waals surface area contributed by atoms with Crippen LogP contribution in [-0.2, 0) is 26.1 Å². The van der Waals surface area contributed by atoms with Gasteiger partial charge in [-0.3, -0.25) is 0 Å². The van der Waals surface area contributed by atoms with Gasteiger partial charge in [-0.15, -0.1) is 0 Å². The van der Waals surface area contributed by atoms with Crippen LogP contribution in [0.3, 0.4) is 0 Å². The zero-order valence-corrected chi connectivity index (χ0v) is 17.6. The average molecular weight is 465 g/mol. The van der Waals surface area contributed by atoms with Crippen molar-refractivity contribution in [1.82, 2.24) is 4.31 Å². The minimum absolute atomic E-state index is 0.0313. The standard InChI is InChI=1S/C18H16Cl3NO5S/c19-14-3-1-13(16(21)10-14)11-27-18(23)12-2-4-15(20)17(9-12)28(24,25)22-5-7-26-8-6-22/h1-4,9-10H,5-8,11H2. The van der Waals surface area contributed by atoms with Crippen molar-refractivity contribution >= 4 is 50.8 Å². The topological polar surface area (TPSA) is 72.9 Å². The maximum atomic E-state index is 12.8. The summed E-state index contributed by atoms with van der Waals surface area (Å²) in [6.07, 6.45) is 0. The lowest BCUT2D eigenvalue weighted by atomic mass is 10.2. The molecule has 0 aliphatic carbocycles. The van der Waals surface area contributed by atoms with Gasteiger partial charge in [-0.25, -0.2) is 13.2 Å². The summed E-state index contributed by atoms with van der Waals surface area (Å²) in [4.78, 5) is 12.3. The van der Waals surface area contributed by atoms with E-state index < -0.39 is 16.0 Å². The molecule has 0 radical (unpaired) electrons. The molecule has 2 aromatic rings. The first-order valence-electron chi connectivity index (χ1n) is 8.27. The van der Waals surface area contributed by atoms with Crippen LogP contribution in [0.15, 0.2) is 41.3 Å². The Bertz CT molecular complexity index is 991. The summed E-state index contributed by atoms with van der Waals surface area (Å²) in [6.45, 7) is 0.981. The number of nitrogens with zero attached hydrogens (tertiary/aromatic N) is 1. The number of hydrogen-bond acceptors (Lipinski definition) is 5. The largest absolute Gasteiger partial charge is 0.457 e. The van der Waals surface area contributed by atoms with Crippen molar-refractivity contribution in [2.24, 2.45) is 0 Å². The molecule has 1 heterocycles. The number of sulfonamides is 1. The third kappa shape index (κ3) is 4.79. The maximum Gasteiger partial charge on any atom is 0.338 e. The van der Waals surface area contributed by atoms with E-state index in [0.29, 0.717) is 28.8 Å². The minimum atomic E-state index is -3.85. The fraction of sp³-hybridized carbons (Fsp3) is 0.278. The highest BCUT2D eigenvalue weighted by Crippen LogP contribution is 2.27. The molecule has 0 N–H and O–H groups in total. The number of benzene rings is 2. The summed E-state index contributed by atoms with van der Waals surface area (Å²) in [5, 5.41) is 0.867. The Morgan fingerprint density at radius 2 is 1.75 bits per heavy atom. The Morgan fingerprint density at radius 1 is 1.04 bits per heavy atom. The molecule has 28 heavy (non-hydrogen) atoms. The third-order valence-corrected chi connectivity index (χ3v) is 7.10. The molecule has 150 valence electrons. The molecule has 0 aromatic heterocycles. The molecule has 0 unspecified atom stereocenters. The van der Waals surface area contributed by atoms with Crippen molar-refractivity contribution in [3.63, 3.8) is 0 Å². The summed E-state index contributed by atoms with van der Waals surface area (Å²) in [7, 11) is -3.85. The molecule has 1 aliphatic heterocycles. The van der Waals surface area contributed by atoms with Gasteiger partial charge in [0.1, 0.15) is 11.5 Å². The highest BCUT2D eigenvalue weighted by atomic mass is 35.5. The molecule has 1 aliphatic rings. The summed E-state index contributed by atoms with van der Waals surface area (Å²) in [5.41, 5.74) is 0.649. The molecule has 0 spiro atoms. The molecule has 2 aromatic carbocycles. The number of esters is 1. The predicted octanol–water partition coefficient (Wildman–Crippen LogP) is 4.02. The molecule has 1 fully saturated rings. The van der Waals surface area contributed by atoms with E-state index in [1.807, 2.05) is 0 Å². The highest BCUT2D eigenvalue weighted by Gasteiger charge is 2.29. The van der Waals surface area contributed by atoms with Crippen LogP contribution in [0.25, 0.3) is 0 Å². The first-order valence-corrected chi connectivity index (χ1v) is 10.8. The average Bonchev–Trinajstić information content (AvgIpc) is 2.68. The second-order valence-corrected chi connectivity index (χ2v) is 9.13. The summed E-state index contributed by atoms with van der Waals surface area (Å²) >= 11 is 18.0. The van der Waals surface area contributed by atoms with Crippen molar-refractivity contribution in [2.75, 3.05) is 26.3 Å². The Hall–Kier alpha value is -1.35. The first-order chi connectivity index (χ1) is 13.3. The number of ether oxygens (including phenoxy) is 2. The Kier molecular flexibility index (Phi) is 6.85. The van der Waals surface area contributed by atoms with E-state index in [-0.39, 0.29) is 35.2 Å². The van der Waals surface area contributed by atoms with E-state index in [1.54, 1.807) is 18.2 Å². The van der Waals surface area contributed by atoms with Gasteiger partial charge in [0.25, 0.3) is 0 Å². The molecule has 0 saturated carbocycles. The molecule has 0 amide bonds. The van der Waals surface area contributed by atoms with Crippen LogP contribution in [0.2, 0.25) is 15.1 Å². The van der Waals surface area contributed by atoms with Crippen LogP contribution >= 0.6 is 34.8 Å². The molecule has 1 saturated heterocycles. The van der Waals surface area contributed by atoms with Crippen molar-refractivity contribution in [3.05, 3.63) is 62.6 Å². The maximum absolute atomic E-state index is 12.8. The van der Waals surface area contributed by atoms with Gasteiger partial charge >= 0.3 is 5.97 Å². The Labute approximate surface area is 177 Å². The van der Waals surface area contributed by atoms with Crippen LogP contribution in [0.1, 0.15) is 15.9 Å². The van der Waals surface area contributed by atoms with E-state index in [9.17, 15) is 13.2 Å².